The smallest absolute Gasteiger partial charge is 0.255 e. The quantitative estimate of drug-likeness (QED) is 0.428. The zero-order valence-corrected chi connectivity index (χ0v) is 17.6. The van der Waals surface area contributed by atoms with Gasteiger partial charge in [-0.2, -0.15) is 0 Å². The Balaban J connectivity index is 1.54. The fraction of sp³-hybridized carbons (Fsp3) is 0.0870. The van der Waals surface area contributed by atoms with Crippen LogP contribution in [0.1, 0.15) is 10.4 Å². The number of carbonyl (C=O) groups is 1. The largest absolute Gasteiger partial charge is 0.493 e. The van der Waals surface area contributed by atoms with E-state index in [1.54, 1.807) is 56.7 Å². The van der Waals surface area contributed by atoms with Crippen LogP contribution in [-0.2, 0) is 0 Å². The molecule has 156 valence electrons. The Hall–Kier alpha value is -3.84. The number of nitrogens with zero attached hydrogens (tertiary/aromatic N) is 2. The molecule has 0 spiro atoms. The van der Waals surface area contributed by atoms with Crippen molar-refractivity contribution in [1.29, 1.82) is 0 Å². The van der Waals surface area contributed by atoms with Gasteiger partial charge in [0.25, 0.3) is 5.91 Å². The molecule has 1 heterocycles. The molecule has 7 nitrogen and oxygen atoms in total. The van der Waals surface area contributed by atoms with E-state index in [2.05, 4.69) is 20.6 Å². The zero-order chi connectivity index (χ0) is 21.8. The predicted molar refractivity (Wildman–Crippen MR) is 122 cm³/mol. The van der Waals surface area contributed by atoms with Gasteiger partial charge in [0.1, 0.15) is 12.1 Å². The van der Waals surface area contributed by atoms with Crippen LogP contribution in [-0.4, -0.2) is 30.1 Å². The van der Waals surface area contributed by atoms with Gasteiger partial charge in [-0.3, -0.25) is 4.79 Å². The second kappa shape index (κ2) is 8.89. The normalized spacial score (nSPS) is 10.5. The zero-order valence-electron chi connectivity index (χ0n) is 16.8. The number of rotatable bonds is 6. The number of methoxy groups -OCH3 is 2. The van der Waals surface area contributed by atoms with E-state index in [4.69, 9.17) is 21.1 Å². The van der Waals surface area contributed by atoms with Crippen molar-refractivity contribution in [3.05, 3.63) is 77.6 Å². The molecule has 2 N–H and O–H groups in total. The second-order valence-electron chi connectivity index (χ2n) is 6.61. The number of hydrogen-bond donors (Lipinski definition) is 2. The summed E-state index contributed by atoms with van der Waals surface area (Å²) in [6, 6.07) is 17.7. The van der Waals surface area contributed by atoms with Crippen LogP contribution in [0.3, 0.4) is 0 Å². The maximum absolute atomic E-state index is 12.4. The molecule has 0 aliphatic rings. The molecule has 0 radical (unpaired) electrons. The van der Waals surface area contributed by atoms with Crippen molar-refractivity contribution in [2.45, 2.75) is 0 Å². The van der Waals surface area contributed by atoms with Crippen LogP contribution < -0.4 is 20.1 Å². The Bertz CT molecular complexity index is 1250. The van der Waals surface area contributed by atoms with Crippen molar-refractivity contribution in [2.75, 3.05) is 24.9 Å². The first-order valence-corrected chi connectivity index (χ1v) is 9.76. The lowest BCUT2D eigenvalue weighted by Crippen LogP contribution is -2.11. The summed E-state index contributed by atoms with van der Waals surface area (Å²) in [5.74, 6) is 1.58. The highest BCUT2D eigenvalue weighted by Gasteiger charge is 2.11. The van der Waals surface area contributed by atoms with Crippen LogP contribution in [0, 0.1) is 0 Å². The molecular weight excluding hydrogens is 416 g/mol. The molecule has 4 rings (SSSR count). The maximum atomic E-state index is 12.4. The van der Waals surface area contributed by atoms with Gasteiger partial charge in [-0.25, -0.2) is 9.97 Å². The lowest BCUT2D eigenvalue weighted by atomic mass is 10.2. The summed E-state index contributed by atoms with van der Waals surface area (Å²) in [6.45, 7) is 0. The first-order valence-electron chi connectivity index (χ1n) is 9.38. The van der Waals surface area contributed by atoms with Gasteiger partial charge in [0.2, 0.25) is 0 Å². The Morgan fingerprint density at radius 1 is 0.903 bits per heavy atom. The number of amides is 1. The highest BCUT2D eigenvalue weighted by Crippen LogP contribution is 2.34. The number of anilines is 3. The van der Waals surface area contributed by atoms with Crippen LogP contribution in [0.2, 0.25) is 5.02 Å². The molecule has 0 saturated heterocycles. The Morgan fingerprint density at radius 3 is 2.32 bits per heavy atom. The molecule has 8 heteroatoms. The number of ether oxygens (including phenoxy) is 2. The summed E-state index contributed by atoms with van der Waals surface area (Å²) < 4.78 is 10.7. The number of carbonyl (C=O) groups excluding carboxylic acids is 1. The molecule has 31 heavy (non-hydrogen) atoms. The van der Waals surface area contributed by atoms with E-state index < -0.39 is 0 Å². The molecule has 1 amide bonds. The fourth-order valence-electron chi connectivity index (χ4n) is 3.09. The van der Waals surface area contributed by atoms with Crippen LogP contribution in [0.5, 0.6) is 11.5 Å². The predicted octanol–water partition coefficient (Wildman–Crippen LogP) is 5.30. The summed E-state index contributed by atoms with van der Waals surface area (Å²) in [6.07, 6.45) is 1.48. The van der Waals surface area contributed by atoms with Crippen molar-refractivity contribution in [3.63, 3.8) is 0 Å². The van der Waals surface area contributed by atoms with E-state index in [-0.39, 0.29) is 5.91 Å². The van der Waals surface area contributed by atoms with Gasteiger partial charge in [0.15, 0.2) is 11.5 Å². The molecule has 1 aromatic heterocycles. The van der Waals surface area contributed by atoms with Crippen LogP contribution in [0.15, 0.2) is 67.0 Å². The number of halogens is 1. The summed E-state index contributed by atoms with van der Waals surface area (Å²) >= 11 is 5.95. The van der Waals surface area contributed by atoms with Crippen LogP contribution >= 0.6 is 11.6 Å². The highest BCUT2D eigenvalue weighted by atomic mass is 35.5. The second-order valence-corrected chi connectivity index (χ2v) is 7.05. The van der Waals surface area contributed by atoms with Gasteiger partial charge in [0, 0.05) is 33.4 Å². The minimum absolute atomic E-state index is 0.231. The third kappa shape index (κ3) is 4.51. The minimum Gasteiger partial charge on any atom is -0.493 e. The van der Waals surface area contributed by atoms with Crippen molar-refractivity contribution in [3.8, 4) is 11.5 Å². The molecule has 0 unspecified atom stereocenters. The van der Waals surface area contributed by atoms with E-state index in [1.807, 2.05) is 18.2 Å². The van der Waals surface area contributed by atoms with Crippen molar-refractivity contribution >= 4 is 45.6 Å². The van der Waals surface area contributed by atoms with Gasteiger partial charge in [-0.1, -0.05) is 17.7 Å². The van der Waals surface area contributed by atoms with E-state index in [0.29, 0.717) is 33.6 Å². The Morgan fingerprint density at radius 2 is 1.61 bits per heavy atom. The summed E-state index contributed by atoms with van der Waals surface area (Å²) in [5.41, 5.74) is 2.68. The number of hydrogen-bond acceptors (Lipinski definition) is 6. The van der Waals surface area contributed by atoms with Gasteiger partial charge in [0.05, 0.1) is 19.7 Å². The molecule has 0 bridgehead atoms. The highest BCUT2D eigenvalue weighted by molar-refractivity contribution is 6.31. The third-order valence-corrected chi connectivity index (χ3v) is 4.87. The topological polar surface area (TPSA) is 85.4 Å². The Labute approximate surface area is 184 Å². The number of aromatic nitrogens is 2. The lowest BCUT2D eigenvalue weighted by Gasteiger charge is -2.12. The number of benzene rings is 3. The van der Waals surface area contributed by atoms with Gasteiger partial charge < -0.3 is 20.1 Å². The van der Waals surface area contributed by atoms with Gasteiger partial charge >= 0.3 is 0 Å². The molecular formula is C23H19ClN4O3. The number of fused-ring (bicyclic) bond motifs is 1. The summed E-state index contributed by atoms with van der Waals surface area (Å²) in [4.78, 5) is 21.0. The standard InChI is InChI=1S/C23H19ClN4O3/c1-30-20-11-18-19(12-21(20)31-2)25-13-26-22(18)27-16-6-8-17(9-7-16)28-23(29)14-4-3-5-15(24)10-14/h3-13H,1-2H3,(H,28,29)(H,25,26,27). The molecule has 0 saturated carbocycles. The van der Waals surface area contributed by atoms with Crippen molar-refractivity contribution in [2.24, 2.45) is 0 Å². The van der Waals surface area contributed by atoms with Crippen molar-refractivity contribution in [1.82, 2.24) is 9.97 Å². The summed E-state index contributed by atoms with van der Waals surface area (Å²) in [7, 11) is 3.16. The minimum atomic E-state index is -0.231. The SMILES string of the molecule is COc1cc2ncnc(Nc3ccc(NC(=O)c4cccc(Cl)c4)cc3)c2cc1OC. The molecule has 3 aromatic carbocycles. The Kier molecular flexibility index (Phi) is 5.86. The molecule has 0 aliphatic carbocycles. The van der Waals surface area contributed by atoms with Crippen molar-refractivity contribution < 1.29 is 14.3 Å². The van der Waals surface area contributed by atoms with E-state index in [9.17, 15) is 4.79 Å². The average molecular weight is 435 g/mol. The lowest BCUT2D eigenvalue weighted by molar-refractivity contribution is 0.102. The van der Waals surface area contributed by atoms with E-state index in [0.717, 1.165) is 16.6 Å². The first-order chi connectivity index (χ1) is 15.1. The third-order valence-electron chi connectivity index (χ3n) is 4.63. The maximum Gasteiger partial charge on any atom is 0.255 e. The monoisotopic (exact) mass is 434 g/mol. The first kappa shape index (κ1) is 20.4. The van der Waals surface area contributed by atoms with Gasteiger partial charge in [-0.15, -0.1) is 0 Å². The van der Waals surface area contributed by atoms with E-state index >= 15 is 0 Å². The van der Waals surface area contributed by atoms with Crippen LogP contribution in [0.25, 0.3) is 10.9 Å². The molecule has 0 atom stereocenters. The van der Waals surface area contributed by atoms with Crippen LogP contribution in [0.4, 0.5) is 17.2 Å². The molecule has 0 fully saturated rings. The fourth-order valence-corrected chi connectivity index (χ4v) is 3.28. The average Bonchev–Trinajstić information content (AvgIpc) is 2.79. The molecule has 4 aromatic rings. The number of nitrogens with one attached hydrogen (secondary N) is 2. The van der Waals surface area contributed by atoms with Gasteiger partial charge in [-0.05, 0) is 48.5 Å². The van der Waals surface area contributed by atoms with E-state index in [1.165, 1.54) is 6.33 Å². The summed E-state index contributed by atoms with van der Waals surface area (Å²) in [5, 5.41) is 7.43. The molecule has 0 aliphatic heterocycles.